The van der Waals surface area contributed by atoms with Crippen LogP contribution in [0.1, 0.15) is 54.5 Å². The van der Waals surface area contributed by atoms with E-state index in [2.05, 4.69) is 20.6 Å². The lowest BCUT2D eigenvalue weighted by atomic mass is 10.0. The van der Waals surface area contributed by atoms with Crippen molar-refractivity contribution in [1.82, 2.24) is 20.6 Å². The Balaban J connectivity index is 2.13. The number of ketones is 2. The lowest BCUT2D eigenvalue weighted by Crippen LogP contribution is -2.54. The van der Waals surface area contributed by atoms with E-state index in [1.54, 1.807) is 52.0 Å². The van der Waals surface area contributed by atoms with Crippen LogP contribution in [0.15, 0.2) is 24.3 Å². The summed E-state index contributed by atoms with van der Waals surface area (Å²) < 4.78 is 10.6. The molecule has 39 heavy (non-hydrogen) atoms. The normalized spacial score (nSPS) is 12.3. The standard InChI is InChI=1S/C27H34N4O8/c1-14(2)25(31-23(34)11-19-10-18(17(5)32)7-8-22(19)38-6)26(37)30-20(12-24(35)36)21(33)13-39-27-28-15(3)9-16(4)29-27/h7-10,14,20,25H,11-13H2,1-6H3,(H,30,37)(H,31,34)(H,35,36)/t20-,25-/m0/s1. The summed E-state index contributed by atoms with van der Waals surface area (Å²) >= 11 is 0. The van der Waals surface area contributed by atoms with E-state index in [4.69, 9.17) is 9.47 Å². The number of hydrogen-bond acceptors (Lipinski definition) is 9. The van der Waals surface area contributed by atoms with Crippen molar-refractivity contribution in [2.45, 2.75) is 59.5 Å². The van der Waals surface area contributed by atoms with Crippen molar-refractivity contribution in [2.24, 2.45) is 5.92 Å². The molecule has 0 aliphatic carbocycles. The minimum absolute atomic E-state index is 0.0437. The van der Waals surface area contributed by atoms with Crippen molar-refractivity contribution < 1.29 is 38.6 Å². The predicted molar refractivity (Wildman–Crippen MR) is 140 cm³/mol. The Labute approximate surface area is 226 Å². The van der Waals surface area contributed by atoms with Crippen LogP contribution in [0.25, 0.3) is 0 Å². The molecule has 1 aromatic heterocycles. The average molecular weight is 543 g/mol. The van der Waals surface area contributed by atoms with Gasteiger partial charge in [-0.1, -0.05) is 13.8 Å². The first-order chi connectivity index (χ1) is 18.3. The third-order valence-corrected chi connectivity index (χ3v) is 5.69. The largest absolute Gasteiger partial charge is 0.496 e. The monoisotopic (exact) mass is 542 g/mol. The number of aromatic nitrogens is 2. The highest BCUT2D eigenvalue weighted by atomic mass is 16.5. The van der Waals surface area contributed by atoms with Crippen LogP contribution in [0, 0.1) is 19.8 Å². The minimum atomic E-state index is -1.41. The van der Waals surface area contributed by atoms with Gasteiger partial charge in [-0.3, -0.25) is 24.0 Å². The predicted octanol–water partition coefficient (Wildman–Crippen LogP) is 1.60. The molecule has 0 unspecified atom stereocenters. The lowest BCUT2D eigenvalue weighted by Gasteiger charge is -2.24. The first-order valence-electron chi connectivity index (χ1n) is 12.3. The van der Waals surface area contributed by atoms with Crippen molar-refractivity contribution in [3.05, 3.63) is 46.8 Å². The summed E-state index contributed by atoms with van der Waals surface area (Å²) in [6.07, 6.45) is -0.864. The summed E-state index contributed by atoms with van der Waals surface area (Å²) in [5.74, 6) is -3.45. The molecular formula is C27H34N4O8. The summed E-state index contributed by atoms with van der Waals surface area (Å²) in [5.41, 5.74) is 2.11. The Bertz CT molecular complexity index is 1220. The highest BCUT2D eigenvalue weighted by molar-refractivity contribution is 5.96. The van der Waals surface area contributed by atoms with Gasteiger partial charge in [0.2, 0.25) is 11.8 Å². The molecule has 210 valence electrons. The number of ether oxygens (including phenoxy) is 2. The van der Waals surface area contributed by atoms with Crippen molar-refractivity contribution in [2.75, 3.05) is 13.7 Å². The Morgan fingerprint density at radius 1 is 1.00 bits per heavy atom. The number of carboxylic acid groups (broad SMARTS) is 1. The van der Waals surface area contributed by atoms with Crippen LogP contribution >= 0.6 is 0 Å². The second-order valence-electron chi connectivity index (χ2n) is 9.40. The van der Waals surface area contributed by atoms with E-state index < -0.39 is 54.6 Å². The molecule has 0 aliphatic rings. The van der Waals surface area contributed by atoms with E-state index in [0.29, 0.717) is 28.3 Å². The number of hydrogen-bond donors (Lipinski definition) is 3. The van der Waals surface area contributed by atoms with E-state index in [-0.39, 0.29) is 18.2 Å². The van der Waals surface area contributed by atoms with Crippen LogP contribution in [0.2, 0.25) is 0 Å². The number of benzene rings is 1. The van der Waals surface area contributed by atoms with Crippen LogP contribution in [0.3, 0.4) is 0 Å². The fraction of sp³-hybridized carbons (Fsp3) is 0.444. The van der Waals surface area contributed by atoms with E-state index in [0.717, 1.165) is 0 Å². The molecule has 0 fully saturated rings. The molecule has 0 aliphatic heterocycles. The van der Waals surface area contributed by atoms with Crippen molar-refractivity contribution in [1.29, 1.82) is 0 Å². The van der Waals surface area contributed by atoms with Gasteiger partial charge in [0.25, 0.3) is 0 Å². The lowest BCUT2D eigenvalue weighted by molar-refractivity contribution is -0.141. The number of Topliss-reactive ketones (excluding diaryl/α,β-unsaturated/α-hetero) is 2. The number of nitrogens with one attached hydrogen (secondary N) is 2. The van der Waals surface area contributed by atoms with Crippen LogP contribution in [-0.2, 0) is 25.6 Å². The molecule has 2 amide bonds. The maximum atomic E-state index is 13.1. The molecule has 2 aromatic rings. The zero-order valence-electron chi connectivity index (χ0n) is 22.9. The number of carbonyl (C=O) groups excluding carboxylic acids is 4. The summed E-state index contributed by atoms with van der Waals surface area (Å²) in [7, 11) is 1.43. The molecule has 0 spiro atoms. The second kappa shape index (κ2) is 14.0. The van der Waals surface area contributed by atoms with Gasteiger partial charge in [0.15, 0.2) is 18.2 Å². The van der Waals surface area contributed by atoms with Crippen LogP contribution < -0.4 is 20.1 Å². The topological polar surface area (TPSA) is 174 Å². The molecule has 0 radical (unpaired) electrons. The third kappa shape index (κ3) is 9.47. The molecule has 12 heteroatoms. The molecule has 3 N–H and O–H groups in total. The molecule has 0 saturated heterocycles. The molecule has 1 aromatic carbocycles. The molecule has 1 heterocycles. The number of rotatable bonds is 14. The van der Waals surface area contributed by atoms with Gasteiger partial charge in [-0.05, 0) is 51.0 Å². The smallest absolute Gasteiger partial charge is 0.317 e. The first kappa shape index (κ1) is 30.9. The number of aryl methyl sites for hydroxylation is 2. The van der Waals surface area contributed by atoms with E-state index in [1.165, 1.54) is 14.0 Å². The number of aliphatic carboxylic acids is 1. The van der Waals surface area contributed by atoms with Gasteiger partial charge in [-0.25, -0.2) is 9.97 Å². The summed E-state index contributed by atoms with van der Waals surface area (Å²) in [4.78, 5) is 70.0. The van der Waals surface area contributed by atoms with Gasteiger partial charge < -0.3 is 25.2 Å². The Hall–Kier alpha value is -4.35. The van der Waals surface area contributed by atoms with E-state index in [9.17, 15) is 29.1 Å². The number of carboxylic acids is 1. The highest BCUT2D eigenvalue weighted by Crippen LogP contribution is 2.21. The van der Waals surface area contributed by atoms with Gasteiger partial charge in [0.1, 0.15) is 17.8 Å². The van der Waals surface area contributed by atoms with Crippen LogP contribution in [0.4, 0.5) is 0 Å². The third-order valence-electron chi connectivity index (χ3n) is 5.69. The molecule has 2 rings (SSSR count). The fourth-order valence-corrected chi connectivity index (χ4v) is 3.74. The quantitative estimate of drug-likeness (QED) is 0.297. The Kier molecular flexibility index (Phi) is 11.1. The molecular weight excluding hydrogens is 508 g/mol. The van der Waals surface area contributed by atoms with E-state index in [1.807, 2.05) is 0 Å². The highest BCUT2D eigenvalue weighted by Gasteiger charge is 2.30. The number of amides is 2. The van der Waals surface area contributed by atoms with Crippen molar-refractivity contribution >= 4 is 29.4 Å². The van der Waals surface area contributed by atoms with Crippen molar-refractivity contribution in [3.63, 3.8) is 0 Å². The van der Waals surface area contributed by atoms with Gasteiger partial charge in [-0.15, -0.1) is 0 Å². The number of carbonyl (C=O) groups is 5. The summed E-state index contributed by atoms with van der Waals surface area (Å²) in [6.45, 7) is 7.68. The number of methoxy groups -OCH3 is 1. The second-order valence-corrected chi connectivity index (χ2v) is 9.40. The summed E-state index contributed by atoms with van der Waals surface area (Å²) in [6, 6.07) is 3.91. The van der Waals surface area contributed by atoms with Crippen LogP contribution in [0.5, 0.6) is 11.8 Å². The Morgan fingerprint density at radius 3 is 2.18 bits per heavy atom. The first-order valence-corrected chi connectivity index (χ1v) is 12.3. The van der Waals surface area contributed by atoms with E-state index >= 15 is 0 Å². The molecule has 12 nitrogen and oxygen atoms in total. The molecule has 0 bridgehead atoms. The van der Waals surface area contributed by atoms with Gasteiger partial charge in [-0.2, -0.15) is 0 Å². The zero-order valence-corrected chi connectivity index (χ0v) is 22.9. The zero-order chi connectivity index (χ0) is 29.3. The van der Waals surface area contributed by atoms with Gasteiger partial charge in [0.05, 0.1) is 20.0 Å². The maximum absolute atomic E-state index is 13.1. The number of nitrogens with zero attached hydrogens (tertiary/aromatic N) is 2. The van der Waals surface area contributed by atoms with Crippen molar-refractivity contribution in [3.8, 4) is 11.8 Å². The van der Waals surface area contributed by atoms with Crippen LogP contribution in [-0.4, -0.2) is 70.2 Å². The SMILES string of the molecule is COc1ccc(C(C)=O)cc1CC(=O)N[C@H](C(=O)N[C@@H](CC(=O)O)C(=O)COc1nc(C)cc(C)n1)C(C)C. The minimum Gasteiger partial charge on any atom is -0.496 e. The summed E-state index contributed by atoms with van der Waals surface area (Å²) in [5, 5.41) is 14.4. The molecule has 0 saturated carbocycles. The average Bonchev–Trinajstić information content (AvgIpc) is 2.84. The van der Waals surface area contributed by atoms with Gasteiger partial charge in [0, 0.05) is 22.5 Å². The maximum Gasteiger partial charge on any atom is 0.317 e. The van der Waals surface area contributed by atoms with Gasteiger partial charge >= 0.3 is 12.0 Å². The molecule has 2 atom stereocenters. The fourth-order valence-electron chi connectivity index (χ4n) is 3.74. The Morgan fingerprint density at radius 2 is 1.64 bits per heavy atom.